The van der Waals surface area contributed by atoms with Gasteiger partial charge in [0, 0.05) is 50.0 Å². The molecule has 3 amide bonds. The largest absolute Gasteiger partial charge is 0.372 e. The van der Waals surface area contributed by atoms with Crippen LogP contribution in [0, 0.1) is 5.92 Å². The normalized spacial score (nSPS) is 19.3. The molecule has 1 N–H and O–H groups in total. The number of nitrogens with zero attached hydrogens (tertiary/aromatic N) is 4. The molecular formula is C29H37N5O4. The molecule has 0 aliphatic carbocycles. The number of rotatable bonds is 10. The monoisotopic (exact) mass is 519 g/mol. The molecule has 4 rings (SSSR count). The number of hydrogen-bond donors (Lipinski definition) is 1. The van der Waals surface area contributed by atoms with Gasteiger partial charge >= 0.3 is 0 Å². The van der Waals surface area contributed by atoms with Crippen molar-refractivity contribution in [3.63, 3.8) is 0 Å². The second-order valence-electron chi connectivity index (χ2n) is 10.1. The van der Waals surface area contributed by atoms with Crippen LogP contribution in [-0.2, 0) is 9.59 Å². The Bertz CT molecular complexity index is 1150. The Hall–Kier alpha value is -3.75. The van der Waals surface area contributed by atoms with Crippen LogP contribution in [0.5, 0.6) is 0 Å². The van der Waals surface area contributed by atoms with E-state index in [1.165, 1.54) is 0 Å². The minimum atomic E-state index is -0.582. The van der Waals surface area contributed by atoms with Gasteiger partial charge in [-0.3, -0.25) is 24.2 Å². The summed E-state index contributed by atoms with van der Waals surface area (Å²) in [6.07, 6.45) is 3.08. The van der Waals surface area contributed by atoms with Crippen LogP contribution < -0.4 is 10.2 Å². The highest BCUT2D eigenvalue weighted by Crippen LogP contribution is 2.31. The van der Waals surface area contributed by atoms with Gasteiger partial charge in [0.25, 0.3) is 11.8 Å². The van der Waals surface area contributed by atoms with E-state index in [-0.39, 0.29) is 42.0 Å². The van der Waals surface area contributed by atoms with Gasteiger partial charge in [-0.25, -0.2) is 0 Å². The number of fused-ring (bicyclic) bond motifs is 1. The first-order valence-electron chi connectivity index (χ1n) is 13.5. The van der Waals surface area contributed by atoms with Crippen molar-refractivity contribution in [1.82, 2.24) is 20.1 Å². The van der Waals surface area contributed by atoms with Crippen LogP contribution in [0.3, 0.4) is 0 Å². The zero-order chi connectivity index (χ0) is 27.2. The lowest BCUT2D eigenvalue weighted by Crippen LogP contribution is -2.44. The average molecular weight is 520 g/mol. The van der Waals surface area contributed by atoms with Gasteiger partial charge in [0.2, 0.25) is 5.91 Å². The maximum atomic E-state index is 13.1. The van der Waals surface area contributed by atoms with Crippen molar-refractivity contribution in [3.8, 4) is 0 Å². The van der Waals surface area contributed by atoms with Gasteiger partial charge in [-0.05, 0) is 69.0 Å². The van der Waals surface area contributed by atoms with E-state index in [1.54, 1.807) is 34.2 Å². The van der Waals surface area contributed by atoms with Crippen LogP contribution in [0.15, 0.2) is 48.7 Å². The number of likely N-dealkylation sites (tertiary alicyclic amines) is 2. The average Bonchev–Trinajstić information content (AvgIpc) is 3.51. The molecule has 0 bridgehead atoms. The third-order valence-corrected chi connectivity index (χ3v) is 7.59. The topological polar surface area (TPSA) is 103 Å². The van der Waals surface area contributed by atoms with Crippen molar-refractivity contribution in [2.75, 3.05) is 37.6 Å². The maximum absolute atomic E-state index is 13.1. The fourth-order valence-corrected chi connectivity index (χ4v) is 5.47. The standard InChI is InChI=1S/C29H37N5O4/c1-4-32(5-2)22-11-9-21(10-12-22)28(37)31-16-13-20(3)18-26(36)33-17-14-24-27(33)25(35)19-34(24)29(38)23-8-6-7-15-30-23/h6-12,15,20,24,27H,4-5,13-14,16-19H2,1-3H3,(H,31,37). The first kappa shape index (κ1) is 27.3. The van der Waals surface area contributed by atoms with E-state index in [1.807, 2.05) is 31.2 Å². The van der Waals surface area contributed by atoms with Gasteiger partial charge in [-0.2, -0.15) is 0 Å². The van der Waals surface area contributed by atoms with Crippen molar-refractivity contribution in [3.05, 3.63) is 59.9 Å². The summed E-state index contributed by atoms with van der Waals surface area (Å²) < 4.78 is 0. The van der Waals surface area contributed by atoms with E-state index in [0.717, 1.165) is 18.8 Å². The third kappa shape index (κ3) is 5.87. The summed E-state index contributed by atoms with van der Waals surface area (Å²) in [7, 11) is 0. The molecule has 38 heavy (non-hydrogen) atoms. The lowest BCUT2D eigenvalue weighted by atomic mass is 10.0. The highest BCUT2D eigenvalue weighted by molar-refractivity contribution is 6.01. The molecule has 2 aliphatic rings. The minimum Gasteiger partial charge on any atom is -0.372 e. The molecule has 3 atom stereocenters. The molecule has 3 heterocycles. The van der Waals surface area contributed by atoms with Gasteiger partial charge in [-0.1, -0.05) is 13.0 Å². The number of ketones is 1. The molecule has 2 saturated heterocycles. The van der Waals surface area contributed by atoms with Crippen LogP contribution in [0.2, 0.25) is 0 Å². The number of Topliss-reactive ketones (excluding diaryl/α,β-unsaturated/α-hetero) is 1. The minimum absolute atomic E-state index is 0.00596. The maximum Gasteiger partial charge on any atom is 0.273 e. The van der Waals surface area contributed by atoms with Crippen LogP contribution in [0.4, 0.5) is 5.69 Å². The summed E-state index contributed by atoms with van der Waals surface area (Å²) in [5.41, 5.74) is 2.01. The predicted octanol–water partition coefficient (Wildman–Crippen LogP) is 2.77. The van der Waals surface area contributed by atoms with Gasteiger partial charge in [0.1, 0.15) is 11.7 Å². The first-order valence-corrected chi connectivity index (χ1v) is 13.5. The van der Waals surface area contributed by atoms with Gasteiger partial charge < -0.3 is 20.0 Å². The van der Waals surface area contributed by atoms with Crippen LogP contribution in [-0.4, -0.2) is 83.1 Å². The Balaban J connectivity index is 1.25. The van der Waals surface area contributed by atoms with Gasteiger partial charge in [0.15, 0.2) is 5.78 Å². The summed E-state index contributed by atoms with van der Waals surface area (Å²) in [6, 6.07) is 11.8. The molecular weight excluding hydrogens is 482 g/mol. The van der Waals surface area contributed by atoms with Crippen molar-refractivity contribution >= 4 is 29.2 Å². The van der Waals surface area contributed by atoms with Crippen LogP contribution in [0.1, 0.15) is 60.9 Å². The van der Waals surface area contributed by atoms with Crippen molar-refractivity contribution in [1.29, 1.82) is 0 Å². The molecule has 2 aromatic rings. The summed E-state index contributed by atoms with van der Waals surface area (Å²) >= 11 is 0. The Morgan fingerprint density at radius 2 is 1.82 bits per heavy atom. The van der Waals surface area contributed by atoms with E-state index in [0.29, 0.717) is 43.6 Å². The highest BCUT2D eigenvalue weighted by Gasteiger charge is 2.51. The number of nitrogens with one attached hydrogen (secondary N) is 1. The first-order chi connectivity index (χ1) is 18.3. The fourth-order valence-electron chi connectivity index (χ4n) is 5.47. The summed E-state index contributed by atoms with van der Waals surface area (Å²) in [5, 5.41) is 2.95. The van der Waals surface area contributed by atoms with Gasteiger partial charge in [0.05, 0.1) is 12.6 Å². The Morgan fingerprint density at radius 1 is 1.08 bits per heavy atom. The molecule has 0 spiro atoms. The Morgan fingerprint density at radius 3 is 2.47 bits per heavy atom. The van der Waals surface area contributed by atoms with E-state index in [4.69, 9.17) is 0 Å². The lowest BCUT2D eigenvalue weighted by molar-refractivity contribution is -0.137. The van der Waals surface area contributed by atoms with Crippen molar-refractivity contribution in [2.45, 2.75) is 52.1 Å². The van der Waals surface area contributed by atoms with Gasteiger partial charge in [-0.15, -0.1) is 0 Å². The number of carbonyl (C=O) groups excluding carboxylic acids is 4. The molecule has 2 fully saturated rings. The van der Waals surface area contributed by atoms with E-state index in [9.17, 15) is 19.2 Å². The molecule has 0 radical (unpaired) electrons. The molecule has 1 aromatic carbocycles. The smallest absolute Gasteiger partial charge is 0.273 e. The fraction of sp³-hybridized carbons (Fsp3) is 0.483. The van der Waals surface area contributed by atoms with Crippen LogP contribution >= 0.6 is 0 Å². The number of benzene rings is 1. The molecule has 202 valence electrons. The van der Waals surface area contributed by atoms with Crippen molar-refractivity contribution in [2.24, 2.45) is 5.92 Å². The quantitative estimate of drug-likeness (QED) is 0.518. The Kier molecular flexibility index (Phi) is 8.76. The highest BCUT2D eigenvalue weighted by atomic mass is 16.2. The zero-order valence-corrected chi connectivity index (χ0v) is 22.4. The lowest BCUT2D eigenvalue weighted by Gasteiger charge is -2.25. The number of anilines is 1. The summed E-state index contributed by atoms with van der Waals surface area (Å²) in [6.45, 7) is 8.92. The second kappa shape index (κ2) is 12.2. The molecule has 1 aromatic heterocycles. The number of pyridine rings is 1. The van der Waals surface area contributed by atoms with E-state index >= 15 is 0 Å². The molecule has 0 saturated carbocycles. The Labute approximate surface area is 224 Å². The van der Waals surface area contributed by atoms with E-state index < -0.39 is 6.04 Å². The SMILES string of the molecule is CCN(CC)c1ccc(C(=O)NCCC(C)CC(=O)N2CCC3C2C(=O)CN3C(=O)c2ccccn2)cc1. The molecule has 2 aliphatic heterocycles. The zero-order valence-electron chi connectivity index (χ0n) is 22.4. The molecule has 9 heteroatoms. The number of carbonyl (C=O) groups is 4. The van der Waals surface area contributed by atoms with E-state index in [2.05, 4.69) is 29.0 Å². The number of amides is 3. The molecule has 9 nitrogen and oxygen atoms in total. The van der Waals surface area contributed by atoms with Crippen molar-refractivity contribution < 1.29 is 19.2 Å². The summed E-state index contributed by atoms with van der Waals surface area (Å²) in [5.74, 6) is -0.547. The molecule has 3 unspecified atom stereocenters. The summed E-state index contributed by atoms with van der Waals surface area (Å²) in [4.78, 5) is 60.9. The predicted molar refractivity (Wildman–Crippen MR) is 145 cm³/mol. The van der Waals surface area contributed by atoms with Crippen LogP contribution in [0.25, 0.3) is 0 Å². The third-order valence-electron chi connectivity index (χ3n) is 7.59. The number of hydrogen-bond acceptors (Lipinski definition) is 6. The second-order valence-corrected chi connectivity index (χ2v) is 10.1. The number of aromatic nitrogens is 1.